The lowest BCUT2D eigenvalue weighted by atomic mass is 10.3. The van der Waals surface area contributed by atoms with E-state index in [0.29, 0.717) is 12.6 Å². The van der Waals surface area contributed by atoms with Crippen molar-refractivity contribution in [2.45, 2.75) is 45.2 Å². The monoisotopic (exact) mass is 263 g/mol. The van der Waals surface area contributed by atoms with Crippen LogP contribution in [0.2, 0.25) is 0 Å². The fourth-order valence-corrected chi connectivity index (χ4v) is 3.04. The second-order valence-corrected chi connectivity index (χ2v) is 7.13. The van der Waals surface area contributed by atoms with Crippen molar-refractivity contribution < 1.29 is 8.42 Å². The molecule has 0 aliphatic heterocycles. The van der Waals surface area contributed by atoms with Gasteiger partial charge >= 0.3 is 0 Å². The molecule has 1 rings (SSSR count). The predicted octanol–water partition coefficient (Wildman–Crippen LogP) is 0.645. The summed E-state index contributed by atoms with van der Waals surface area (Å²) in [6, 6.07) is 0.683. The Bertz CT molecular complexity index is 326. The van der Waals surface area contributed by atoms with Crippen LogP contribution < -0.4 is 5.32 Å². The lowest BCUT2D eigenvalue weighted by Gasteiger charge is -2.24. The predicted molar refractivity (Wildman–Crippen MR) is 70.1 cm³/mol. The van der Waals surface area contributed by atoms with Crippen LogP contribution >= 0.6 is 0 Å². The maximum atomic E-state index is 12.1. The first-order valence-electron chi connectivity index (χ1n) is 6.28. The second-order valence-electron chi connectivity index (χ2n) is 5.04. The van der Waals surface area contributed by atoms with Gasteiger partial charge in [-0.25, -0.2) is 0 Å². The summed E-state index contributed by atoms with van der Waals surface area (Å²) in [7, 11) is 0.0952. The van der Waals surface area contributed by atoms with Gasteiger partial charge in [0.25, 0.3) is 10.2 Å². The van der Waals surface area contributed by atoms with Crippen molar-refractivity contribution in [2.75, 3.05) is 27.2 Å². The van der Waals surface area contributed by atoms with E-state index in [4.69, 9.17) is 0 Å². The van der Waals surface area contributed by atoms with Gasteiger partial charge in [-0.15, -0.1) is 0 Å². The Kier molecular flexibility index (Phi) is 5.37. The summed E-state index contributed by atoms with van der Waals surface area (Å²) < 4.78 is 27.1. The zero-order valence-corrected chi connectivity index (χ0v) is 12.1. The molecule has 1 fully saturated rings. The van der Waals surface area contributed by atoms with Crippen molar-refractivity contribution in [1.29, 1.82) is 0 Å². The molecule has 1 saturated carbocycles. The minimum absolute atomic E-state index is 0.233. The van der Waals surface area contributed by atoms with Crippen molar-refractivity contribution in [1.82, 2.24) is 13.9 Å². The van der Waals surface area contributed by atoms with E-state index in [-0.39, 0.29) is 6.04 Å². The van der Waals surface area contributed by atoms with E-state index >= 15 is 0 Å². The molecule has 17 heavy (non-hydrogen) atoms. The molecule has 0 atom stereocenters. The summed E-state index contributed by atoms with van der Waals surface area (Å²) in [4.78, 5) is 0. The van der Waals surface area contributed by atoms with Gasteiger partial charge in [-0.1, -0.05) is 13.8 Å². The highest BCUT2D eigenvalue weighted by Gasteiger charge is 2.35. The molecular weight excluding hydrogens is 238 g/mol. The minimum atomic E-state index is -3.24. The molecule has 102 valence electrons. The highest BCUT2D eigenvalue weighted by Crippen LogP contribution is 2.28. The molecule has 0 spiro atoms. The van der Waals surface area contributed by atoms with Crippen molar-refractivity contribution in [2.24, 2.45) is 0 Å². The van der Waals surface area contributed by atoms with Crippen molar-refractivity contribution >= 4 is 10.2 Å². The molecule has 0 heterocycles. The Morgan fingerprint density at radius 3 is 2.35 bits per heavy atom. The molecule has 0 radical (unpaired) electrons. The Labute approximate surface area is 105 Å². The number of nitrogens with one attached hydrogen (secondary N) is 1. The summed E-state index contributed by atoms with van der Waals surface area (Å²) in [6.07, 6.45) is 2.84. The number of hydrogen-bond donors (Lipinski definition) is 1. The molecule has 0 unspecified atom stereocenters. The minimum Gasteiger partial charge on any atom is -0.314 e. The Morgan fingerprint density at radius 1 is 1.29 bits per heavy atom. The second kappa shape index (κ2) is 6.13. The van der Waals surface area contributed by atoms with Crippen LogP contribution in [0.3, 0.4) is 0 Å². The van der Waals surface area contributed by atoms with Gasteiger partial charge in [-0.2, -0.15) is 17.0 Å². The van der Waals surface area contributed by atoms with E-state index in [9.17, 15) is 8.42 Å². The molecule has 1 aliphatic carbocycles. The third kappa shape index (κ3) is 4.54. The molecule has 1 aliphatic rings. The molecule has 0 bridgehead atoms. The first-order valence-corrected chi connectivity index (χ1v) is 7.68. The first kappa shape index (κ1) is 14.9. The van der Waals surface area contributed by atoms with Crippen LogP contribution in [0.15, 0.2) is 0 Å². The SMILES string of the molecule is CC(C)NCCCN(C)S(=O)(=O)N(C)C1CC1. The highest BCUT2D eigenvalue weighted by molar-refractivity contribution is 7.86. The summed E-state index contributed by atoms with van der Waals surface area (Å²) in [5.41, 5.74) is 0. The smallest absolute Gasteiger partial charge is 0.281 e. The van der Waals surface area contributed by atoms with Crippen LogP contribution in [0.4, 0.5) is 0 Å². The fourth-order valence-electron chi connectivity index (χ4n) is 1.65. The van der Waals surface area contributed by atoms with Crippen molar-refractivity contribution in [3.63, 3.8) is 0 Å². The largest absolute Gasteiger partial charge is 0.314 e. The van der Waals surface area contributed by atoms with Crippen LogP contribution in [0.25, 0.3) is 0 Å². The van der Waals surface area contributed by atoms with Gasteiger partial charge in [0.15, 0.2) is 0 Å². The molecule has 0 aromatic carbocycles. The van der Waals surface area contributed by atoms with Gasteiger partial charge in [0.1, 0.15) is 0 Å². The highest BCUT2D eigenvalue weighted by atomic mass is 32.2. The number of hydrogen-bond acceptors (Lipinski definition) is 3. The van der Waals surface area contributed by atoms with Gasteiger partial charge in [0, 0.05) is 32.7 Å². The van der Waals surface area contributed by atoms with E-state index in [1.165, 1.54) is 8.61 Å². The van der Waals surface area contributed by atoms with Crippen LogP contribution in [-0.4, -0.2) is 56.3 Å². The van der Waals surface area contributed by atoms with Crippen LogP contribution in [0, 0.1) is 0 Å². The summed E-state index contributed by atoms with van der Waals surface area (Å²) in [5.74, 6) is 0. The molecule has 0 saturated heterocycles. The van der Waals surface area contributed by atoms with E-state index in [1.807, 2.05) is 0 Å². The molecular formula is C11H25N3O2S. The third-order valence-electron chi connectivity index (χ3n) is 3.02. The maximum Gasteiger partial charge on any atom is 0.281 e. The van der Waals surface area contributed by atoms with Crippen LogP contribution in [0.1, 0.15) is 33.1 Å². The van der Waals surface area contributed by atoms with Gasteiger partial charge in [0.05, 0.1) is 0 Å². The topological polar surface area (TPSA) is 52.7 Å². The Balaban J connectivity index is 2.32. The first-order chi connectivity index (χ1) is 7.85. The van der Waals surface area contributed by atoms with Crippen LogP contribution in [-0.2, 0) is 10.2 Å². The van der Waals surface area contributed by atoms with Crippen molar-refractivity contribution in [3.8, 4) is 0 Å². The third-order valence-corrected chi connectivity index (χ3v) is 5.02. The lowest BCUT2D eigenvalue weighted by molar-refractivity contribution is 0.381. The zero-order valence-electron chi connectivity index (χ0n) is 11.3. The summed E-state index contributed by atoms with van der Waals surface area (Å²) in [5, 5.41) is 3.28. The van der Waals surface area contributed by atoms with Crippen LogP contribution in [0.5, 0.6) is 0 Å². The average Bonchev–Trinajstić information content (AvgIpc) is 3.06. The van der Waals surface area contributed by atoms with Gasteiger partial charge < -0.3 is 5.32 Å². The molecule has 0 aromatic rings. The molecule has 0 aromatic heterocycles. The Morgan fingerprint density at radius 2 is 1.88 bits per heavy atom. The summed E-state index contributed by atoms with van der Waals surface area (Å²) in [6.45, 7) is 5.59. The molecule has 6 heteroatoms. The van der Waals surface area contributed by atoms with E-state index in [0.717, 1.165) is 25.8 Å². The van der Waals surface area contributed by atoms with Crippen molar-refractivity contribution in [3.05, 3.63) is 0 Å². The fraction of sp³-hybridized carbons (Fsp3) is 1.00. The van der Waals surface area contributed by atoms with E-state index < -0.39 is 10.2 Å². The van der Waals surface area contributed by atoms with Gasteiger partial charge in [0.2, 0.25) is 0 Å². The van der Waals surface area contributed by atoms with Gasteiger partial charge in [-0.3, -0.25) is 0 Å². The lowest BCUT2D eigenvalue weighted by Crippen LogP contribution is -2.41. The normalized spacial score (nSPS) is 17.4. The molecule has 1 N–H and O–H groups in total. The number of rotatable bonds is 8. The van der Waals surface area contributed by atoms with E-state index in [1.54, 1.807) is 14.1 Å². The quantitative estimate of drug-likeness (QED) is 0.654. The standard InChI is InChI=1S/C11H25N3O2S/c1-10(2)12-8-5-9-13(3)17(15,16)14(4)11-6-7-11/h10-12H,5-9H2,1-4H3. The summed E-state index contributed by atoms with van der Waals surface area (Å²) >= 11 is 0. The maximum absolute atomic E-state index is 12.1. The van der Waals surface area contributed by atoms with Gasteiger partial charge in [-0.05, 0) is 25.8 Å². The number of nitrogens with zero attached hydrogens (tertiary/aromatic N) is 2. The average molecular weight is 263 g/mol. The molecule has 5 nitrogen and oxygen atoms in total. The zero-order chi connectivity index (χ0) is 13.1. The van der Waals surface area contributed by atoms with E-state index in [2.05, 4.69) is 19.2 Å². The molecule has 0 amide bonds. The Hall–Kier alpha value is -0.170.